The number of hydrogen-bond acceptors (Lipinski definition) is 3. The smallest absolute Gasteiger partial charge is 0.325 e. The highest BCUT2D eigenvalue weighted by molar-refractivity contribution is 7.80. The van der Waals surface area contributed by atoms with E-state index in [0.29, 0.717) is 0 Å². The summed E-state index contributed by atoms with van der Waals surface area (Å²) in [4.78, 5) is 11.8. The number of alkyl halides is 3. The summed E-state index contributed by atoms with van der Waals surface area (Å²) in [6.07, 6.45) is -4.43. The first-order valence-electron chi connectivity index (χ1n) is 5.14. The van der Waals surface area contributed by atoms with E-state index in [1.54, 1.807) is 6.07 Å². The molecular formula is C12H9F3N2OS. The predicted molar refractivity (Wildman–Crippen MR) is 67.4 cm³/mol. The van der Waals surface area contributed by atoms with Gasteiger partial charge in [0.1, 0.15) is 0 Å². The molecule has 0 aliphatic heterocycles. The van der Waals surface area contributed by atoms with Gasteiger partial charge in [0.2, 0.25) is 5.91 Å². The third-order valence-corrected chi connectivity index (χ3v) is 2.51. The van der Waals surface area contributed by atoms with Crippen molar-refractivity contribution in [2.75, 3.05) is 5.32 Å². The number of hydrogen-bond donors (Lipinski definition) is 1. The number of thiocarbonyl (C=S) groups is 1. The third kappa shape index (κ3) is 4.03. The Morgan fingerprint density at radius 1 is 1.37 bits per heavy atom. The Hall–Kier alpha value is -1.94. The van der Waals surface area contributed by atoms with E-state index in [2.05, 4.69) is 5.32 Å². The van der Waals surface area contributed by atoms with E-state index in [-0.39, 0.29) is 10.6 Å². The zero-order valence-corrected chi connectivity index (χ0v) is 10.6. The SMILES string of the molecule is CC(=S)C(C#N)C(=O)Nc1ccc(C(F)(F)F)cc1. The van der Waals surface area contributed by atoms with E-state index >= 15 is 0 Å². The van der Waals surface area contributed by atoms with Crippen LogP contribution >= 0.6 is 12.2 Å². The van der Waals surface area contributed by atoms with Crippen molar-refractivity contribution in [3.8, 4) is 6.07 Å². The Kier molecular flexibility index (Phi) is 4.62. The van der Waals surface area contributed by atoms with Crippen molar-refractivity contribution in [1.82, 2.24) is 0 Å². The quantitative estimate of drug-likeness (QED) is 0.868. The summed E-state index contributed by atoms with van der Waals surface area (Å²) in [7, 11) is 0. The lowest BCUT2D eigenvalue weighted by molar-refractivity contribution is -0.137. The van der Waals surface area contributed by atoms with E-state index < -0.39 is 23.6 Å². The maximum atomic E-state index is 12.3. The number of amides is 1. The van der Waals surface area contributed by atoms with Gasteiger partial charge in [-0.25, -0.2) is 0 Å². The van der Waals surface area contributed by atoms with Crippen LogP contribution in [0.1, 0.15) is 12.5 Å². The van der Waals surface area contributed by atoms with Gasteiger partial charge in [0.05, 0.1) is 11.6 Å². The topological polar surface area (TPSA) is 52.9 Å². The van der Waals surface area contributed by atoms with Gasteiger partial charge in [0.25, 0.3) is 0 Å². The predicted octanol–water partition coefficient (Wildman–Crippen LogP) is 3.17. The third-order valence-electron chi connectivity index (χ3n) is 2.28. The number of carbonyl (C=O) groups excluding carboxylic acids is 1. The minimum atomic E-state index is -4.43. The maximum absolute atomic E-state index is 12.3. The molecule has 0 radical (unpaired) electrons. The summed E-state index contributed by atoms with van der Waals surface area (Å²) in [5, 5.41) is 11.1. The highest BCUT2D eigenvalue weighted by atomic mass is 32.1. The van der Waals surface area contributed by atoms with Crippen LogP contribution in [-0.4, -0.2) is 10.8 Å². The normalized spacial score (nSPS) is 12.4. The molecule has 0 fully saturated rings. The minimum absolute atomic E-state index is 0.175. The largest absolute Gasteiger partial charge is 0.416 e. The fourth-order valence-corrected chi connectivity index (χ4v) is 1.45. The fourth-order valence-electron chi connectivity index (χ4n) is 1.29. The first kappa shape index (κ1) is 15.1. The summed E-state index contributed by atoms with van der Waals surface area (Å²) in [5.74, 6) is -1.76. The number of nitriles is 1. The molecule has 1 N–H and O–H groups in total. The molecule has 0 bridgehead atoms. The molecule has 0 aliphatic carbocycles. The van der Waals surface area contributed by atoms with E-state index in [1.807, 2.05) is 0 Å². The van der Waals surface area contributed by atoms with Crippen LogP contribution in [0.15, 0.2) is 24.3 Å². The van der Waals surface area contributed by atoms with Gasteiger partial charge in [-0.2, -0.15) is 18.4 Å². The second-order valence-corrected chi connectivity index (χ2v) is 4.38. The van der Waals surface area contributed by atoms with Crippen molar-refractivity contribution in [2.45, 2.75) is 13.1 Å². The van der Waals surface area contributed by atoms with Gasteiger partial charge in [0.15, 0.2) is 5.92 Å². The lowest BCUT2D eigenvalue weighted by atomic mass is 10.1. The lowest BCUT2D eigenvalue weighted by Gasteiger charge is -2.10. The zero-order chi connectivity index (χ0) is 14.6. The van der Waals surface area contributed by atoms with E-state index in [4.69, 9.17) is 17.5 Å². The second-order valence-electron chi connectivity index (χ2n) is 3.74. The molecule has 1 atom stereocenters. The molecule has 0 saturated heterocycles. The van der Waals surface area contributed by atoms with Crippen LogP contribution in [0.2, 0.25) is 0 Å². The van der Waals surface area contributed by atoms with E-state index in [1.165, 1.54) is 6.92 Å². The van der Waals surface area contributed by atoms with Crippen molar-refractivity contribution in [3.63, 3.8) is 0 Å². The zero-order valence-electron chi connectivity index (χ0n) is 9.78. The Bertz CT molecular complexity index is 531. The second kappa shape index (κ2) is 5.80. The molecule has 0 spiro atoms. The monoisotopic (exact) mass is 286 g/mol. The highest BCUT2D eigenvalue weighted by Gasteiger charge is 2.30. The number of halogens is 3. The molecular weight excluding hydrogens is 277 g/mol. The van der Waals surface area contributed by atoms with Gasteiger partial charge in [-0.15, -0.1) is 0 Å². The van der Waals surface area contributed by atoms with Crippen LogP contribution < -0.4 is 5.32 Å². The van der Waals surface area contributed by atoms with Gasteiger partial charge in [-0.1, -0.05) is 12.2 Å². The van der Waals surface area contributed by atoms with Crippen molar-refractivity contribution < 1.29 is 18.0 Å². The molecule has 0 aromatic heterocycles. The number of nitrogens with zero attached hydrogens (tertiary/aromatic N) is 1. The number of anilines is 1. The molecule has 100 valence electrons. The standard InChI is InChI=1S/C12H9F3N2OS/c1-7(19)10(6-16)11(18)17-9-4-2-8(3-5-9)12(13,14)15/h2-5,10H,1H3,(H,17,18). The fraction of sp³-hybridized carbons (Fsp3) is 0.250. The molecule has 7 heteroatoms. The first-order valence-corrected chi connectivity index (χ1v) is 5.54. The molecule has 0 aliphatic rings. The molecule has 0 saturated carbocycles. The minimum Gasteiger partial charge on any atom is -0.325 e. The Labute approximate surface area is 113 Å². The Balaban J connectivity index is 2.82. The Morgan fingerprint density at radius 2 is 1.89 bits per heavy atom. The number of benzene rings is 1. The van der Waals surface area contributed by atoms with E-state index in [9.17, 15) is 18.0 Å². The molecule has 19 heavy (non-hydrogen) atoms. The van der Waals surface area contributed by atoms with Crippen LogP contribution in [0.5, 0.6) is 0 Å². The molecule has 1 amide bonds. The van der Waals surface area contributed by atoms with Crippen LogP contribution in [0.4, 0.5) is 18.9 Å². The highest BCUT2D eigenvalue weighted by Crippen LogP contribution is 2.29. The van der Waals surface area contributed by atoms with Gasteiger partial charge >= 0.3 is 6.18 Å². The van der Waals surface area contributed by atoms with Gasteiger partial charge in [-0.3, -0.25) is 4.79 Å². The summed E-state index contributed by atoms with van der Waals surface area (Å²) >= 11 is 4.75. The Morgan fingerprint density at radius 3 is 2.26 bits per heavy atom. The van der Waals surface area contributed by atoms with Gasteiger partial charge in [0, 0.05) is 10.6 Å². The molecule has 1 rings (SSSR count). The van der Waals surface area contributed by atoms with Crippen molar-refractivity contribution in [1.29, 1.82) is 5.26 Å². The van der Waals surface area contributed by atoms with Crippen molar-refractivity contribution >= 4 is 28.7 Å². The number of nitrogens with one attached hydrogen (secondary N) is 1. The molecule has 1 aromatic carbocycles. The van der Waals surface area contributed by atoms with Crippen LogP contribution in [0.3, 0.4) is 0 Å². The van der Waals surface area contributed by atoms with E-state index in [0.717, 1.165) is 24.3 Å². The number of carbonyl (C=O) groups is 1. The van der Waals surface area contributed by atoms with Crippen LogP contribution in [0, 0.1) is 17.2 Å². The van der Waals surface area contributed by atoms with Crippen molar-refractivity contribution in [2.24, 2.45) is 5.92 Å². The van der Waals surface area contributed by atoms with Gasteiger partial charge in [-0.05, 0) is 31.2 Å². The van der Waals surface area contributed by atoms with Crippen molar-refractivity contribution in [3.05, 3.63) is 29.8 Å². The average molecular weight is 286 g/mol. The summed E-state index contributed by atoms with van der Waals surface area (Å²) < 4.78 is 37.0. The summed E-state index contributed by atoms with van der Waals surface area (Å²) in [6.45, 7) is 1.45. The molecule has 0 heterocycles. The summed E-state index contributed by atoms with van der Waals surface area (Å²) in [6, 6.07) is 5.66. The summed E-state index contributed by atoms with van der Waals surface area (Å²) in [5.41, 5.74) is -0.636. The average Bonchev–Trinajstić information content (AvgIpc) is 2.28. The molecule has 1 unspecified atom stereocenters. The lowest BCUT2D eigenvalue weighted by Crippen LogP contribution is -2.26. The molecule has 3 nitrogen and oxygen atoms in total. The van der Waals surface area contributed by atoms with Crippen LogP contribution in [0.25, 0.3) is 0 Å². The van der Waals surface area contributed by atoms with Gasteiger partial charge < -0.3 is 5.32 Å². The molecule has 1 aromatic rings. The maximum Gasteiger partial charge on any atom is 0.416 e. The first-order chi connectivity index (χ1) is 8.75. The van der Waals surface area contributed by atoms with Crippen LogP contribution in [-0.2, 0) is 11.0 Å². The number of rotatable bonds is 3.